The topological polar surface area (TPSA) is 45.5 Å². The largest absolute Gasteiger partial charge is 0.240 e. The van der Waals surface area contributed by atoms with Gasteiger partial charge >= 0.3 is 0 Å². The second kappa shape index (κ2) is 5.60. The molecule has 1 aromatic rings. The van der Waals surface area contributed by atoms with Gasteiger partial charge in [0, 0.05) is 12.6 Å². The fourth-order valence-electron chi connectivity index (χ4n) is 1.74. The van der Waals surface area contributed by atoms with Gasteiger partial charge in [-0.3, -0.25) is 0 Å². The van der Waals surface area contributed by atoms with Gasteiger partial charge in [0.25, 0.3) is 0 Å². The SMILES string of the molecule is CC1OOC(/C=C\C#N)N1Cc1ccccc1. The van der Waals surface area contributed by atoms with Crippen molar-refractivity contribution in [3.05, 3.63) is 48.0 Å². The Bertz CT molecular complexity index is 425. The molecular formula is C13H14N2O2. The summed E-state index contributed by atoms with van der Waals surface area (Å²) >= 11 is 0. The number of hydrogen-bond donors (Lipinski definition) is 0. The summed E-state index contributed by atoms with van der Waals surface area (Å²) in [5.41, 5.74) is 1.18. The highest BCUT2D eigenvalue weighted by Gasteiger charge is 2.31. The normalized spacial score (nSPS) is 25.2. The summed E-state index contributed by atoms with van der Waals surface area (Å²) in [5, 5.41) is 8.52. The number of nitriles is 1. The fourth-order valence-corrected chi connectivity index (χ4v) is 1.74. The molecule has 2 unspecified atom stereocenters. The third-order valence-electron chi connectivity index (χ3n) is 2.63. The molecule has 0 radical (unpaired) electrons. The average molecular weight is 230 g/mol. The first kappa shape index (κ1) is 11.8. The van der Waals surface area contributed by atoms with Gasteiger partial charge in [-0.1, -0.05) is 30.3 Å². The number of nitrogens with zero attached hydrogens (tertiary/aromatic N) is 2. The van der Waals surface area contributed by atoms with Crippen molar-refractivity contribution >= 4 is 0 Å². The van der Waals surface area contributed by atoms with Crippen molar-refractivity contribution < 1.29 is 9.78 Å². The molecule has 1 heterocycles. The predicted octanol–water partition coefficient (Wildman–Crippen LogP) is 2.20. The maximum absolute atomic E-state index is 8.52. The lowest BCUT2D eigenvalue weighted by atomic mass is 10.2. The predicted molar refractivity (Wildman–Crippen MR) is 62.2 cm³/mol. The van der Waals surface area contributed by atoms with Crippen LogP contribution in [-0.4, -0.2) is 17.4 Å². The van der Waals surface area contributed by atoms with E-state index in [1.807, 2.05) is 36.1 Å². The Hall–Kier alpha value is -1.67. The lowest BCUT2D eigenvalue weighted by Crippen LogP contribution is -2.33. The van der Waals surface area contributed by atoms with Gasteiger partial charge in [0.1, 0.15) is 6.23 Å². The van der Waals surface area contributed by atoms with Crippen LogP contribution in [0.25, 0.3) is 0 Å². The van der Waals surface area contributed by atoms with E-state index in [1.54, 1.807) is 6.08 Å². The third kappa shape index (κ3) is 2.92. The molecule has 88 valence electrons. The summed E-state index contributed by atoms with van der Waals surface area (Å²) in [5.74, 6) is 0. The van der Waals surface area contributed by atoms with Gasteiger partial charge in [0.15, 0.2) is 6.23 Å². The van der Waals surface area contributed by atoms with E-state index < -0.39 is 0 Å². The molecule has 2 atom stereocenters. The molecule has 2 rings (SSSR count). The first-order chi connectivity index (χ1) is 8.31. The van der Waals surface area contributed by atoms with Gasteiger partial charge in [-0.15, -0.1) is 0 Å². The van der Waals surface area contributed by atoms with Crippen LogP contribution in [-0.2, 0) is 16.3 Å². The number of rotatable bonds is 3. The highest BCUT2D eigenvalue weighted by Crippen LogP contribution is 2.21. The molecule has 1 aromatic carbocycles. The van der Waals surface area contributed by atoms with Crippen LogP contribution in [0, 0.1) is 11.3 Å². The maximum Gasteiger partial charge on any atom is 0.168 e. The van der Waals surface area contributed by atoms with E-state index >= 15 is 0 Å². The van der Waals surface area contributed by atoms with Gasteiger partial charge in [-0.05, 0) is 18.6 Å². The number of hydrogen-bond acceptors (Lipinski definition) is 4. The molecule has 0 bridgehead atoms. The number of benzene rings is 1. The first-order valence-corrected chi connectivity index (χ1v) is 5.49. The molecule has 1 fully saturated rings. The molecule has 4 heteroatoms. The number of allylic oxidation sites excluding steroid dienone is 1. The van der Waals surface area contributed by atoms with Crippen molar-refractivity contribution in [2.24, 2.45) is 0 Å². The van der Waals surface area contributed by atoms with Gasteiger partial charge in [-0.25, -0.2) is 14.7 Å². The molecule has 0 amide bonds. The van der Waals surface area contributed by atoms with Gasteiger partial charge in [0.2, 0.25) is 0 Å². The van der Waals surface area contributed by atoms with Crippen LogP contribution in [0.5, 0.6) is 0 Å². The van der Waals surface area contributed by atoms with E-state index in [9.17, 15) is 0 Å². The standard InChI is InChI=1S/C13H14N2O2/c1-11-15(10-12-6-3-2-4-7-12)13(17-16-11)8-5-9-14/h2-8,11,13H,10H2,1H3/b8-5-. The summed E-state index contributed by atoms with van der Waals surface area (Å²) in [6, 6.07) is 12.0. The lowest BCUT2D eigenvalue weighted by Gasteiger charge is -2.20. The van der Waals surface area contributed by atoms with Crippen molar-refractivity contribution in [2.45, 2.75) is 25.9 Å². The molecular weight excluding hydrogens is 216 g/mol. The van der Waals surface area contributed by atoms with E-state index in [2.05, 4.69) is 12.1 Å². The fraction of sp³-hybridized carbons (Fsp3) is 0.308. The zero-order valence-corrected chi connectivity index (χ0v) is 9.61. The van der Waals surface area contributed by atoms with Crippen LogP contribution in [0.15, 0.2) is 42.5 Å². The maximum atomic E-state index is 8.52. The second-order valence-electron chi connectivity index (χ2n) is 3.83. The second-order valence-corrected chi connectivity index (χ2v) is 3.83. The van der Waals surface area contributed by atoms with Crippen molar-refractivity contribution in [3.63, 3.8) is 0 Å². The van der Waals surface area contributed by atoms with Crippen LogP contribution >= 0.6 is 0 Å². The Kier molecular flexibility index (Phi) is 3.89. The van der Waals surface area contributed by atoms with E-state index in [-0.39, 0.29) is 12.5 Å². The van der Waals surface area contributed by atoms with Gasteiger partial charge < -0.3 is 0 Å². The van der Waals surface area contributed by atoms with Gasteiger partial charge in [0.05, 0.1) is 6.07 Å². The molecule has 0 aliphatic carbocycles. The molecule has 0 N–H and O–H groups in total. The first-order valence-electron chi connectivity index (χ1n) is 5.49. The Morgan fingerprint density at radius 3 is 2.82 bits per heavy atom. The molecule has 0 spiro atoms. The summed E-state index contributed by atoms with van der Waals surface area (Å²) in [7, 11) is 0. The summed E-state index contributed by atoms with van der Waals surface area (Å²) in [6.45, 7) is 2.64. The van der Waals surface area contributed by atoms with Crippen molar-refractivity contribution in [2.75, 3.05) is 0 Å². The van der Waals surface area contributed by atoms with Crippen molar-refractivity contribution in [1.82, 2.24) is 4.90 Å². The minimum Gasteiger partial charge on any atom is -0.240 e. The molecule has 0 aromatic heterocycles. The summed E-state index contributed by atoms with van der Waals surface area (Å²) < 4.78 is 0. The zero-order valence-electron chi connectivity index (χ0n) is 9.61. The molecule has 4 nitrogen and oxygen atoms in total. The smallest absolute Gasteiger partial charge is 0.168 e. The summed E-state index contributed by atoms with van der Waals surface area (Å²) in [4.78, 5) is 12.3. The van der Waals surface area contributed by atoms with Crippen molar-refractivity contribution in [3.8, 4) is 6.07 Å². The quantitative estimate of drug-likeness (QED) is 0.590. The monoisotopic (exact) mass is 230 g/mol. The van der Waals surface area contributed by atoms with Crippen LogP contribution in [0.4, 0.5) is 0 Å². The van der Waals surface area contributed by atoms with E-state index in [4.69, 9.17) is 15.0 Å². The van der Waals surface area contributed by atoms with Crippen LogP contribution < -0.4 is 0 Å². The van der Waals surface area contributed by atoms with Gasteiger partial charge in [-0.2, -0.15) is 5.26 Å². The van der Waals surface area contributed by atoms with Crippen molar-refractivity contribution in [1.29, 1.82) is 5.26 Å². The Balaban J connectivity index is 2.07. The van der Waals surface area contributed by atoms with Crippen LogP contribution in [0.2, 0.25) is 0 Å². The Labute approximate surface area is 101 Å². The zero-order chi connectivity index (χ0) is 12.1. The van der Waals surface area contributed by atoms with E-state index in [0.717, 1.165) is 6.54 Å². The highest BCUT2D eigenvalue weighted by molar-refractivity contribution is 5.15. The van der Waals surface area contributed by atoms with E-state index in [0.29, 0.717) is 0 Å². The minimum atomic E-state index is -0.301. The average Bonchev–Trinajstić information content (AvgIpc) is 2.70. The molecule has 17 heavy (non-hydrogen) atoms. The minimum absolute atomic E-state index is 0.122. The van der Waals surface area contributed by atoms with E-state index in [1.165, 1.54) is 11.6 Å². The Morgan fingerprint density at radius 2 is 2.12 bits per heavy atom. The lowest BCUT2D eigenvalue weighted by molar-refractivity contribution is -0.285. The Morgan fingerprint density at radius 1 is 1.35 bits per heavy atom. The third-order valence-corrected chi connectivity index (χ3v) is 2.63. The summed E-state index contributed by atoms with van der Waals surface area (Å²) in [6.07, 6.45) is 2.67. The van der Waals surface area contributed by atoms with Crippen LogP contribution in [0.3, 0.4) is 0 Å². The highest BCUT2D eigenvalue weighted by atomic mass is 17.2. The molecule has 1 aliphatic rings. The molecule has 1 aliphatic heterocycles. The molecule has 0 saturated carbocycles. The molecule has 1 saturated heterocycles. The van der Waals surface area contributed by atoms with Crippen LogP contribution in [0.1, 0.15) is 12.5 Å².